The fourth-order valence-corrected chi connectivity index (χ4v) is 2.04. The summed E-state index contributed by atoms with van der Waals surface area (Å²) in [6.07, 6.45) is 0. The third kappa shape index (κ3) is 2.38. The van der Waals surface area contributed by atoms with Gasteiger partial charge < -0.3 is 0 Å². The van der Waals surface area contributed by atoms with E-state index >= 15 is 0 Å². The van der Waals surface area contributed by atoms with Crippen molar-refractivity contribution in [2.24, 2.45) is 0 Å². The van der Waals surface area contributed by atoms with E-state index in [1.165, 1.54) is 10.7 Å². The Morgan fingerprint density at radius 1 is 1.22 bits per heavy atom. The molecule has 96 valence electrons. The highest BCUT2D eigenvalue weighted by Gasteiger charge is 2.21. The normalized spacial score (nSPS) is 11.9. The van der Waals surface area contributed by atoms with Crippen LogP contribution >= 0.6 is 23.2 Å². The zero-order valence-electron chi connectivity index (χ0n) is 10.3. The van der Waals surface area contributed by atoms with E-state index in [-0.39, 0.29) is 16.1 Å². The molecule has 0 unspecified atom stereocenters. The van der Waals surface area contributed by atoms with E-state index in [9.17, 15) is 4.39 Å². The van der Waals surface area contributed by atoms with Gasteiger partial charge in [0.2, 0.25) is 0 Å². The Kier molecular flexibility index (Phi) is 3.39. The van der Waals surface area contributed by atoms with Crippen molar-refractivity contribution >= 4 is 23.2 Å². The van der Waals surface area contributed by atoms with E-state index in [1.807, 2.05) is 20.8 Å². The Morgan fingerprint density at radius 2 is 1.89 bits per heavy atom. The molecule has 0 atom stereocenters. The van der Waals surface area contributed by atoms with Crippen molar-refractivity contribution in [1.29, 1.82) is 0 Å². The van der Waals surface area contributed by atoms with Crippen LogP contribution in [0.4, 0.5) is 4.39 Å². The second-order valence-corrected chi connectivity index (χ2v) is 5.88. The number of para-hydroxylation sites is 1. The van der Waals surface area contributed by atoms with Gasteiger partial charge in [0.1, 0.15) is 16.7 Å². The highest BCUT2D eigenvalue weighted by atomic mass is 35.5. The first-order chi connectivity index (χ1) is 8.30. The molecular weight excluding hydrogens is 274 g/mol. The number of nitrogens with zero attached hydrogens (tertiary/aromatic N) is 2. The number of aromatic nitrogens is 2. The van der Waals surface area contributed by atoms with Crippen molar-refractivity contribution in [3.8, 4) is 5.69 Å². The van der Waals surface area contributed by atoms with Crippen molar-refractivity contribution in [2.75, 3.05) is 0 Å². The minimum atomic E-state index is -0.451. The topological polar surface area (TPSA) is 17.8 Å². The average Bonchev–Trinajstić information content (AvgIpc) is 2.60. The van der Waals surface area contributed by atoms with Gasteiger partial charge in [0.25, 0.3) is 0 Å². The van der Waals surface area contributed by atoms with Crippen LogP contribution in [0.25, 0.3) is 5.69 Å². The lowest BCUT2D eigenvalue weighted by molar-refractivity contribution is 0.555. The molecule has 0 N–H and O–H groups in total. The Bertz CT molecular complexity index is 565. The highest BCUT2D eigenvalue weighted by Crippen LogP contribution is 2.30. The first kappa shape index (κ1) is 13.4. The summed E-state index contributed by atoms with van der Waals surface area (Å²) in [5.41, 5.74) is 0.804. The molecule has 0 bridgehead atoms. The summed E-state index contributed by atoms with van der Waals surface area (Å²) in [5.74, 6) is -0.451. The molecule has 2 nitrogen and oxygen atoms in total. The van der Waals surface area contributed by atoms with Crippen LogP contribution in [0.15, 0.2) is 24.3 Å². The van der Waals surface area contributed by atoms with Crippen molar-refractivity contribution in [3.63, 3.8) is 0 Å². The number of halogens is 3. The maximum Gasteiger partial charge on any atom is 0.150 e. The summed E-state index contributed by atoms with van der Waals surface area (Å²) < 4.78 is 15.2. The first-order valence-corrected chi connectivity index (χ1v) is 6.27. The molecule has 5 heteroatoms. The maximum absolute atomic E-state index is 13.8. The maximum atomic E-state index is 13.8. The summed E-state index contributed by atoms with van der Waals surface area (Å²) in [7, 11) is 0. The summed E-state index contributed by atoms with van der Waals surface area (Å²) in [6.45, 7) is 6.04. The van der Waals surface area contributed by atoms with Gasteiger partial charge in [0, 0.05) is 5.41 Å². The quantitative estimate of drug-likeness (QED) is 0.748. The lowest BCUT2D eigenvalue weighted by atomic mass is 9.93. The summed E-state index contributed by atoms with van der Waals surface area (Å²) >= 11 is 12.1. The molecule has 0 saturated carbocycles. The minimum absolute atomic E-state index is 0.160. The number of benzene rings is 1. The second-order valence-electron chi connectivity index (χ2n) is 5.08. The fourth-order valence-electron chi connectivity index (χ4n) is 1.57. The van der Waals surface area contributed by atoms with Crippen LogP contribution in [0.5, 0.6) is 0 Å². The van der Waals surface area contributed by atoms with Gasteiger partial charge in [-0.1, -0.05) is 50.0 Å². The van der Waals surface area contributed by atoms with Crippen molar-refractivity contribution in [3.05, 3.63) is 46.0 Å². The summed E-state index contributed by atoms with van der Waals surface area (Å²) in [6, 6.07) is 6.21. The zero-order chi connectivity index (χ0) is 13.5. The fraction of sp³-hybridized carbons (Fsp3) is 0.308. The van der Waals surface area contributed by atoms with Gasteiger partial charge >= 0.3 is 0 Å². The molecule has 2 rings (SSSR count). The Morgan fingerprint density at radius 3 is 2.39 bits per heavy atom. The number of hydrogen-bond acceptors (Lipinski definition) is 1. The highest BCUT2D eigenvalue weighted by molar-refractivity contribution is 6.33. The van der Waals surface area contributed by atoms with Crippen molar-refractivity contribution < 1.29 is 4.39 Å². The van der Waals surface area contributed by atoms with E-state index in [1.54, 1.807) is 18.2 Å². The number of hydrogen-bond donors (Lipinski definition) is 0. The van der Waals surface area contributed by atoms with Crippen molar-refractivity contribution in [2.45, 2.75) is 26.2 Å². The van der Waals surface area contributed by atoms with Gasteiger partial charge in [-0.25, -0.2) is 9.07 Å². The largest absolute Gasteiger partial charge is 0.217 e. The Hall–Kier alpha value is -1.06. The van der Waals surface area contributed by atoms with E-state index < -0.39 is 5.82 Å². The molecular formula is C13H13Cl2FN2. The van der Waals surface area contributed by atoms with Gasteiger partial charge in [0.15, 0.2) is 0 Å². The van der Waals surface area contributed by atoms with Gasteiger partial charge in [-0.3, -0.25) is 0 Å². The average molecular weight is 287 g/mol. The second kappa shape index (κ2) is 4.56. The van der Waals surface area contributed by atoms with Crippen LogP contribution in [0.1, 0.15) is 26.5 Å². The summed E-state index contributed by atoms with van der Waals surface area (Å²) in [5, 5.41) is 4.95. The molecule has 1 aromatic carbocycles. The van der Waals surface area contributed by atoms with Crippen LogP contribution in [0.2, 0.25) is 10.2 Å². The van der Waals surface area contributed by atoms with E-state index in [2.05, 4.69) is 5.10 Å². The van der Waals surface area contributed by atoms with Crippen LogP contribution in [0, 0.1) is 5.82 Å². The predicted octanol–water partition coefficient (Wildman–Crippen LogP) is 4.62. The molecule has 0 spiro atoms. The zero-order valence-corrected chi connectivity index (χ0v) is 11.8. The van der Waals surface area contributed by atoms with E-state index in [0.29, 0.717) is 5.15 Å². The molecule has 0 radical (unpaired) electrons. The molecule has 1 aromatic heterocycles. The van der Waals surface area contributed by atoms with Gasteiger partial charge in [0.05, 0.1) is 10.7 Å². The lowest BCUT2D eigenvalue weighted by Crippen LogP contribution is -2.13. The van der Waals surface area contributed by atoms with E-state index in [4.69, 9.17) is 23.2 Å². The molecule has 0 aliphatic rings. The van der Waals surface area contributed by atoms with Gasteiger partial charge in [-0.15, -0.1) is 0 Å². The molecule has 0 aliphatic carbocycles. The van der Waals surface area contributed by atoms with Crippen LogP contribution < -0.4 is 0 Å². The van der Waals surface area contributed by atoms with Crippen LogP contribution in [-0.4, -0.2) is 9.78 Å². The lowest BCUT2D eigenvalue weighted by Gasteiger charge is -2.14. The minimum Gasteiger partial charge on any atom is -0.217 e. The monoisotopic (exact) mass is 286 g/mol. The van der Waals surface area contributed by atoms with E-state index in [0.717, 1.165) is 5.69 Å². The molecule has 0 fully saturated rings. The van der Waals surface area contributed by atoms with Crippen LogP contribution in [0.3, 0.4) is 0 Å². The molecule has 0 aliphatic heterocycles. The molecule has 2 aromatic rings. The third-order valence-corrected chi connectivity index (χ3v) is 3.16. The SMILES string of the molecule is CC(C)(C)c1cc(Cl)n(-c2c(F)cccc2Cl)n1. The van der Waals surface area contributed by atoms with Crippen LogP contribution in [-0.2, 0) is 5.41 Å². The molecule has 1 heterocycles. The Balaban J connectivity index is 2.62. The smallest absolute Gasteiger partial charge is 0.150 e. The van der Waals surface area contributed by atoms with Crippen molar-refractivity contribution in [1.82, 2.24) is 9.78 Å². The van der Waals surface area contributed by atoms with Gasteiger partial charge in [-0.05, 0) is 18.2 Å². The first-order valence-electron chi connectivity index (χ1n) is 5.51. The predicted molar refractivity (Wildman–Crippen MR) is 72.2 cm³/mol. The number of rotatable bonds is 1. The molecule has 18 heavy (non-hydrogen) atoms. The standard InChI is InChI=1S/C13H13Cl2FN2/c1-13(2,3)10-7-11(15)18(17-10)12-8(14)5-4-6-9(12)16/h4-7H,1-3H3. The van der Waals surface area contributed by atoms with Gasteiger partial charge in [-0.2, -0.15) is 5.10 Å². The molecule has 0 saturated heterocycles. The molecule has 0 amide bonds. The summed E-state index contributed by atoms with van der Waals surface area (Å²) in [4.78, 5) is 0. The Labute approximate surface area is 115 Å². The third-order valence-electron chi connectivity index (χ3n) is 2.58.